The van der Waals surface area contributed by atoms with Crippen molar-refractivity contribution in [1.82, 2.24) is 5.32 Å². The molecule has 2 unspecified atom stereocenters. The Morgan fingerprint density at radius 1 is 1.10 bits per heavy atom. The van der Waals surface area contributed by atoms with Gasteiger partial charge in [-0.2, -0.15) is 0 Å². The van der Waals surface area contributed by atoms with Gasteiger partial charge in [0.25, 0.3) is 0 Å². The van der Waals surface area contributed by atoms with Crippen LogP contribution in [0.25, 0.3) is 0 Å². The van der Waals surface area contributed by atoms with Gasteiger partial charge in [-0.15, -0.1) is 0 Å². The molecule has 0 spiro atoms. The molecule has 0 fully saturated rings. The lowest BCUT2D eigenvalue weighted by Crippen LogP contribution is -2.33. The predicted molar refractivity (Wildman–Crippen MR) is 106 cm³/mol. The molecule has 2 rings (SSSR count). The molecule has 8 heteroatoms. The van der Waals surface area contributed by atoms with E-state index in [-0.39, 0.29) is 30.3 Å². The third kappa shape index (κ3) is 6.21. The molecule has 0 saturated carbocycles. The molecule has 0 aromatic heterocycles. The minimum Gasteiger partial charge on any atom is -0.482 e. The van der Waals surface area contributed by atoms with Gasteiger partial charge in [-0.05, 0) is 44.0 Å². The van der Waals surface area contributed by atoms with Crippen LogP contribution in [0.1, 0.15) is 29.7 Å². The molecule has 0 amide bonds. The maximum absolute atomic E-state index is 14.4. The first-order chi connectivity index (χ1) is 14.3. The number of rotatable bonds is 10. The van der Waals surface area contributed by atoms with E-state index in [4.69, 9.17) is 9.47 Å². The summed E-state index contributed by atoms with van der Waals surface area (Å²) in [5.41, 5.74) is 0.625. The van der Waals surface area contributed by atoms with Crippen molar-refractivity contribution in [1.29, 1.82) is 0 Å². The van der Waals surface area contributed by atoms with Crippen LogP contribution in [-0.4, -0.2) is 39.4 Å². The van der Waals surface area contributed by atoms with Gasteiger partial charge < -0.3 is 19.5 Å². The van der Waals surface area contributed by atoms with Crippen molar-refractivity contribution >= 4 is 5.97 Å². The quantitative estimate of drug-likeness (QED) is 0.463. The molecule has 0 aliphatic carbocycles. The number of carbonyl (C=O) groups excluding carboxylic acids is 1. The van der Waals surface area contributed by atoms with Crippen molar-refractivity contribution in [3.05, 3.63) is 64.5 Å². The molecular weight excluding hydrogens is 399 g/mol. The lowest BCUT2D eigenvalue weighted by atomic mass is 10.0. The number of esters is 1. The first kappa shape index (κ1) is 23.7. The van der Waals surface area contributed by atoms with E-state index in [1.165, 1.54) is 21.1 Å². The van der Waals surface area contributed by atoms with Crippen LogP contribution in [0, 0.1) is 24.4 Å². The zero-order valence-electron chi connectivity index (χ0n) is 17.4. The van der Waals surface area contributed by atoms with Crippen LogP contribution in [0.5, 0.6) is 5.75 Å². The Morgan fingerprint density at radius 2 is 1.77 bits per heavy atom. The molecule has 0 bridgehead atoms. The zero-order chi connectivity index (χ0) is 22.3. The van der Waals surface area contributed by atoms with Gasteiger partial charge in [-0.1, -0.05) is 12.1 Å². The van der Waals surface area contributed by atoms with Crippen molar-refractivity contribution in [3.63, 3.8) is 0 Å². The van der Waals surface area contributed by atoms with Crippen molar-refractivity contribution in [2.75, 3.05) is 27.4 Å². The number of methoxy groups -OCH3 is 2. The molecule has 0 aliphatic heterocycles. The minimum absolute atomic E-state index is 0.000981. The Balaban J connectivity index is 1.93. The molecule has 0 saturated heterocycles. The van der Waals surface area contributed by atoms with Crippen LogP contribution in [0.15, 0.2) is 30.3 Å². The summed E-state index contributed by atoms with van der Waals surface area (Å²) in [5.74, 6) is -3.01. The average molecular weight is 425 g/mol. The number of carbonyl (C=O) groups is 1. The van der Waals surface area contributed by atoms with Crippen molar-refractivity contribution in [2.45, 2.75) is 32.4 Å². The summed E-state index contributed by atoms with van der Waals surface area (Å²) >= 11 is 0. The van der Waals surface area contributed by atoms with E-state index in [0.29, 0.717) is 12.2 Å². The summed E-state index contributed by atoms with van der Waals surface area (Å²) in [6.07, 6.45) is -0.108. The molecule has 1 N–H and O–H groups in total. The van der Waals surface area contributed by atoms with Crippen LogP contribution in [0.4, 0.5) is 13.2 Å². The third-order valence-electron chi connectivity index (χ3n) is 4.74. The van der Waals surface area contributed by atoms with Gasteiger partial charge in [-0.3, -0.25) is 0 Å². The highest BCUT2D eigenvalue weighted by Gasteiger charge is 2.22. The Labute approximate surface area is 174 Å². The monoisotopic (exact) mass is 425 g/mol. The van der Waals surface area contributed by atoms with Gasteiger partial charge in [0.05, 0.1) is 13.2 Å². The second-order valence-corrected chi connectivity index (χ2v) is 6.95. The molecule has 2 atom stereocenters. The van der Waals surface area contributed by atoms with Gasteiger partial charge in [0.1, 0.15) is 11.6 Å². The molecule has 30 heavy (non-hydrogen) atoms. The molecular formula is C22H26F3NO4. The van der Waals surface area contributed by atoms with Gasteiger partial charge in [0, 0.05) is 30.8 Å². The summed E-state index contributed by atoms with van der Waals surface area (Å²) in [6, 6.07) is 8.09. The van der Waals surface area contributed by atoms with Crippen LogP contribution < -0.4 is 10.1 Å². The van der Waals surface area contributed by atoms with E-state index in [2.05, 4.69) is 10.1 Å². The summed E-state index contributed by atoms with van der Waals surface area (Å²) < 4.78 is 56.7. The highest BCUT2D eigenvalue weighted by Crippen LogP contribution is 2.26. The van der Waals surface area contributed by atoms with Crippen LogP contribution >= 0.6 is 0 Å². The molecule has 164 valence electrons. The largest absolute Gasteiger partial charge is 0.482 e. The van der Waals surface area contributed by atoms with Crippen molar-refractivity contribution in [2.24, 2.45) is 0 Å². The number of hydrogen-bond donors (Lipinski definition) is 1. The van der Waals surface area contributed by atoms with Crippen molar-refractivity contribution in [3.8, 4) is 5.75 Å². The van der Waals surface area contributed by atoms with E-state index >= 15 is 0 Å². The SMILES string of the molecule is COC(=O)COc1ccc(CC(C)NCC(OC)c2cc(F)c(F)c(C)c2F)cc1. The van der Waals surface area contributed by atoms with Crippen molar-refractivity contribution < 1.29 is 32.2 Å². The van der Waals surface area contributed by atoms with E-state index in [0.717, 1.165) is 11.6 Å². The van der Waals surface area contributed by atoms with E-state index in [1.807, 2.05) is 19.1 Å². The van der Waals surface area contributed by atoms with Gasteiger partial charge in [0.15, 0.2) is 18.2 Å². The first-order valence-electron chi connectivity index (χ1n) is 9.45. The molecule has 0 aliphatic rings. The summed E-state index contributed by atoms with van der Waals surface area (Å²) in [5, 5.41) is 3.22. The maximum atomic E-state index is 14.4. The van der Waals surface area contributed by atoms with Gasteiger partial charge in [0.2, 0.25) is 0 Å². The number of hydrogen-bond acceptors (Lipinski definition) is 5. The second-order valence-electron chi connectivity index (χ2n) is 6.95. The highest BCUT2D eigenvalue weighted by molar-refractivity contribution is 5.70. The maximum Gasteiger partial charge on any atom is 0.343 e. The smallest absolute Gasteiger partial charge is 0.343 e. The van der Waals surface area contributed by atoms with Gasteiger partial charge >= 0.3 is 5.97 Å². The normalized spacial score (nSPS) is 13.0. The fourth-order valence-electron chi connectivity index (χ4n) is 2.97. The summed E-state index contributed by atoms with van der Waals surface area (Å²) in [4.78, 5) is 11.1. The molecule has 5 nitrogen and oxygen atoms in total. The number of halogens is 3. The second kappa shape index (κ2) is 11.0. The van der Waals surface area contributed by atoms with Crippen LogP contribution in [0.3, 0.4) is 0 Å². The van der Waals surface area contributed by atoms with E-state index in [1.54, 1.807) is 12.1 Å². The summed E-state index contributed by atoms with van der Waals surface area (Å²) in [7, 11) is 2.68. The Kier molecular flexibility index (Phi) is 8.68. The van der Waals surface area contributed by atoms with Crippen LogP contribution in [-0.2, 0) is 20.7 Å². The highest BCUT2D eigenvalue weighted by atomic mass is 19.2. The lowest BCUT2D eigenvalue weighted by Gasteiger charge is -2.21. The number of nitrogens with one attached hydrogen (secondary N) is 1. The van der Waals surface area contributed by atoms with Gasteiger partial charge in [-0.25, -0.2) is 18.0 Å². The fraction of sp³-hybridized carbons (Fsp3) is 0.409. The average Bonchev–Trinajstić information content (AvgIpc) is 2.75. The van der Waals surface area contributed by atoms with E-state index < -0.39 is 29.5 Å². The lowest BCUT2D eigenvalue weighted by molar-refractivity contribution is -0.142. The Hall–Kier alpha value is -2.58. The Bertz CT molecular complexity index is 858. The van der Waals surface area contributed by atoms with Crippen LogP contribution in [0.2, 0.25) is 0 Å². The first-order valence-corrected chi connectivity index (χ1v) is 9.45. The Morgan fingerprint density at radius 3 is 2.37 bits per heavy atom. The van der Waals surface area contributed by atoms with E-state index in [9.17, 15) is 18.0 Å². The number of benzene rings is 2. The summed E-state index contributed by atoms with van der Waals surface area (Å²) in [6.45, 7) is 3.20. The predicted octanol–water partition coefficient (Wildman–Crippen LogP) is 3.87. The minimum atomic E-state index is -1.19. The standard InChI is InChI=1S/C22H26F3NO4/c1-13(9-15-5-7-16(8-6-15)30-12-20(27)29-4)26-11-19(28-3)17-10-18(23)22(25)14(2)21(17)24/h5-8,10,13,19,26H,9,11-12H2,1-4H3. The molecule has 0 heterocycles. The third-order valence-corrected chi connectivity index (χ3v) is 4.74. The fourth-order valence-corrected chi connectivity index (χ4v) is 2.97. The number of ether oxygens (including phenoxy) is 3. The molecule has 2 aromatic carbocycles. The zero-order valence-corrected chi connectivity index (χ0v) is 17.4. The molecule has 0 radical (unpaired) electrons. The topological polar surface area (TPSA) is 56.8 Å². The molecule has 2 aromatic rings.